The van der Waals surface area contributed by atoms with Crippen LogP contribution in [0.5, 0.6) is 0 Å². The van der Waals surface area contributed by atoms with Crippen LogP contribution >= 0.6 is 0 Å². The Morgan fingerprint density at radius 1 is 1.33 bits per heavy atom. The predicted octanol–water partition coefficient (Wildman–Crippen LogP) is 2.23. The summed E-state index contributed by atoms with van der Waals surface area (Å²) in [5.74, 6) is 1.34. The first-order valence-corrected chi connectivity index (χ1v) is 7.52. The maximum atomic E-state index is 5.36. The Kier molecular flexibility index (Phi) is 4.31. The number of likely N-dealkylation sites (N-methyl/N-ethyl adjacent to an activating group) is 1. The molecule has 2 heterocycles. The lowest BCUT2D eigenvalue weighted by atomic mass is 10.1. The van der Waals surface area contributed by atoms with Crippen molar-refractivity contribution in [2.75, 3.05) is 20.1 Å². The SMILES string of the molecule is Cc1ccc(-c2nc(CN(C)CC3CCCN3)no2)cc1. The molecule has 0 bridgehead atoms. The highest BCUT2D eigenvalue weighted by Crippen LogP contribution is 2.18. The lowest BCUT2D eigenvalue weighted by molar-refractivity contribution is 0.281. The van der Waals surface area contributed by atoms with Crippen LogP contribution in [0.1, 0.15) is 24.2 Å². The third kappa shape index (κ3) is 3.68. The van der Waals surface area contributed by atoms with Gasteiger partial charge in [0.25, 0.3) is 5.89 Å². The van der Waals surface area contributed by atoms with Gasteiger partial charge in [0.2, 0.25) is 0 Å². The van der Waals surface area contributed by atoms with Crippen LogP contribution in [0.4, 0.5) is 0 Å². The van der Waals surface area contributed by atoms with E-state index in [1.54, 1.807) is 0 Å². The topological polar surface area (TPSA) is 54.2 Å². The zero-order valence-corrected chi connectivity index (χ0v) is 12.7. The highest BCUT2D eigenvalue weighted by Gasteiger charge is 2.17. The van der Waals surface area contributed by atoms with E-state index in [0.717, 1.165) is 24.5 Å². The molecule has 0 radical (unpaired) electrons. The zero-order valence-electron chi connectivity index (χ0n) is 12.7. The van der Waals surface area contributed by atoms with Gasteiger partial charge in [-0.25, -0.2) is 0 Å². The maximum Gasteiger partial charge on any atom is 0.257 e. The average Bonchev–Trinajstić information content (AvgIpc) is 3.11. The van der Waals surface area contributed by atoms with Gasteiger partial charge in [-0.05, 0) is 45.5 Å². The molecule has 1 aromatic carbocycles. The number of benzene rings is 1. The third-order valence-electron chi connectivity index (χ3n) is 3.87. The standard InChI is InChI=1S/C16H22N4O/c1-12-5-7-13(8-6-12)16-18-15(19-21-16)11-20(2)10-14-4-3-9-17-14/h5-8,14,17H,3-4,9-11H2,1-2H3. The van der Waals surface area contributed by atoms with Gasteiger partial charge >= 0.3 is 0 Å². The molecular weight excluding hydrogens is 264 g/mol. The molecule has 0 saturated carbocycles. The summed E-state index contributed by atoms with van der Waals surface area (Å²) in [6, 6.07) is 8.73. The van der Waals surface area contributed by atoms with Gasteiger partial charge in [0.15, 0.2) is 5.82 Å². The minimum atomic E-state index is 0.595. The first kappa shape index (κ1) is 14.2. The Balaban J connectivity index is 1.60. The van der Waals surface area contributed by atoms with Crippen LogP contribution in [0.25, 0.3) is 11.5 Å². The third-order valence-corrected chi connectivity index (χ3v) is 3.87. The van der Waals surface area contributed by atoms with Gasteiger partial charge in [0, 0.05) is 18.2 Å². The Morgan fingerprint density at radius 2 is 2.14 bits per heavy atom. The predicted molar refractivity (Wildman–Crippen MR) is 81.8 cm³/mol. The Labute approximate surface area is 125 Å². The van der Waals surface area contributed by atoms with E-state index in [-0.39, 0.29) is 0 Å². The number of hydrogen-bond donors (Lipinski definition) is 1. The van der Waals surface area contributed by atoms with Crippen molar-refractivity contribution in [2.24, 2.45) is 0 Å². The Bertz CT molecular complexity index is 572. The normalized spacial score (nSPS) is 18.5. The largest absolute Gasteiger partial charge is 0.334 e. The fraction of sp³-hybridized carbons (Fsp3) is 0.500. The fourth-order valence-corrected chi connectivity index (χ4v) is 2.73. The summed E-state index contributed by atoms with van der Waals surface area (Å²) < 4.78 is 5.36. The summed E-state index contributed by atoms with van der Waals surface area (Å²) in [6.45, 7) is 4.94. The second-order valence-electron chi connectivity index (χ2n) is 5.87. The first-order chi connectivity index (χ1) is 10.2. The van der Waals surface area contributed by atoms with Crippen LogP contribution in [0.15, 0.2) is 28.8 Å². The van der Waals surface area contributed by atoms with Gasteiger partial charge in [-0.1, -0.05) is 22.9 Å². The minimum Gasteiger partial charge on any atom is -0.334 e. The molecule has 0 amide bonds. The minimum absolute atomic E-state index is 0.595. The molecule has 1 saturated heterocycles. The van der Waals surface area contributed by atoms with Gasteiger partial charge in [0.05, 0.1) is 6.54 Å². The van der Waals surface area contributed by atoms with Crippen LogP contribution in [-0.2, 0) is 6.54 Å². The van der Waals surface area contributed by atoms with Crippen molar-refractivity contribution in [1.29, 1.82) is 0 Å². The highest BCUT2D eigenvalue weighted by molar-refractivity contribution is 5.53. The molecule has 0 spiro atoms. The summed E-state index contributed by atoms with van der Waals surface area (Å²) in [5.41, 5.74) is 2.20. The smallest absolute Gasteiger partial charge is 0.257 e. The van der Waals surface area contributed by atoms with Crippen molar-refractivity contribution < 1.29 is 4.52 Å². The molecule has 2 aromatic rings. The quantitative estimate of drug-likeness (QED) is 0.913. The monoisotopic (exact) mass is 286 g/mol. The molecule has 0 aliphatic carbocycles. The van der Waals surface area contributed by atoms with Crippen molar-refractivity contribution in [3.8, 4) is 11.5 Å². The fourth-order valence-electron chi connectivity index (χ4n) is 2.73. The van der Waals surface area contributed by atoms with E-state index in [0.29, 0.717) is 18.5 Å². The van der Waals surface area contributed by atoms with E-state index >= 15 is 0 Å². The summed E-state index contributed by atoms with van der Waals surface area (Å²) in [7, 11) is 2.10. The molecule has 1 atom stereocenters. The summed E-state index contributed by atoms with van der Waals surface area (Å²) in [5, 5.41) is 7.59. The molecule has 1 aliphatic heterocycles. The number of nitrogens with zero attached hydrogens (tertiary/aromatic N) is 3. The molecular formula is C16H22N4O. The average molecular weight is 286 g/mol. The molecule has 1 aliphatic rings. The molecule has 5 nitrogen and oxygen atoms in total. The lowest BCUT2D eigenvalue weighted by Gasteiger charge is -2.19. The second kappa shape index (κ2) is 6.37. The summed E-state index contributed by atoms with van der Waals surface area (Å²) in [4.78, 5) is 6.73. The Hall–Kier alpha value is -1.72. The van der Waals surface area contributed by atoms with Crippen molar-refractivity contribution in [3.63, 3.8) is 0 Å². The number of aromatic nitrogens is 2. The second-order valence-corrected chi connectivity index (χ2v) is 5.87. The number of hydrogen-bond acceptors (Lipinski definition) is 5. The Morgan fingerprint density at radius 3 is 2.86 bits per heavy atom. The zero-order chi connectivity index (χ0) is 14.7. The maximum absolute atomic E-state index is 5.36. The van der Waals surface area contributed by atoms with Gasteiger partial charge in [-0.2, -0.15) is 4.98 Å². The van der Waals surface area contributed by atoms with Crippen molar-refractivity contribution >= 4 is 0 Å². The first-order valence-electron chi connectivity index (χ1n) is 7.52. The van der Waals surface area contributed by atoms with Gasteiger partial charge in [-0.3, -0.25) is 4.90 Å². The van der Waals surface area contributed by atoms with Crippen LogP contribution in [0.2, 0.25) is 0 Å². The molecule has 5 heteroatoms. The number of aryl methyl sites for hydroxylation is 1. The van der Waals surface area contributed by atoms with Gasteiger partial charge < -0.3 is 9.84 Å². The van der Waals surface area contributed by atoms with Gasteiger partial charge in [0.1, 0.15) is 0 Å². The summed E-state index contributed by atoms with van der Waals surface area (Å²) >= 11 is 0. The van der Waals surface area contributed by atoms with Crippen LogP contribution in [0.3, 0.4) is 0 Å². The van der Waals surface area contributed by atoms with Crippen LogP contribution < -0.4 is 5.32 Å². The molecule has 1 fully saturated rings. The molecule has 112 valence electrons. The molecule has 1 N–H and O–H groups in total. The van der Waals surface area contributed by atoms with E-state index < -0.39 is 0 Å². The van der Waals surface area contributed by atoms with E-state index in [4.69, 9.17) is 4.52 Å². The molecule has 21 heavy (non-hydrogen) atoms. The van der Waals surface area contributed by atoms with Crippen molar-refractivity contribution in [1.82, 2.24) is 20.4 Å². The van der Waals surface area contributed by atoms with Crippen molar-refractivity contribution in [3.05, 3.63) is 35.7 Å². The van der Waals surface area contributed by atoms with Crippen LogP contribution in [0, 0.1) is 6.92 Å². The van der Waals surface area contributed by atoms with Crippen molar-refractivity contribution in [2.45, 2.75) is 32.4 Å². The number of rotatable bonds is 5. The highest BCUT2D eigenvalue weighted by atomic mass is 16.5. The molecule has 1 unspecified atom stereocenters. The van der Waals surface area contributed by atoms with E-state index in [1.165, 1.54) is 18.4 Å². The number of nitrogens with one attached hydrogen (secondary N) is 1. The van der Waals surface area contributed by atoms with E-state index in [9.17, 15) is 0 Å². The van der Waals surface area contributed by atoms with Crippen LogP contribution in [-0.4, -0.2) is 41.2 Å². The summed E-state index contributed by atoms with van der Waals surface area (Å²) in [6.07, 6.45) is 2.53. The molecule has 3 rings (SSSR count). The van der Waals surface area contributed by atoms with Gasteiger partial charge in [-0.15, -0.1) is 0 Å². The molecule has 1 aromatic heterocycles. The lowest BCUT2D eigenvalue weighted by Crippen LogP contribution is -2.35. The van der Waals surface area contributed by atoms with E-state index in [1.807, 2.05) is 12.1 Å². The van der Waals surface area contributed by atoms with E-state index in [2.05, 4.69) is 46.5 Å².